The van der Waals surface area contributed by atoms with Crippen LogP contribution in [0.4, 0.5) is 0 Å². The molecule has 2 aromatic heterocycles. The smallest absolute Gasteiger partial charge is 0.0375 e. The quantitative estimate of drug-likeness (QED) is 0.771. The van der Waals surface area contributed by atoms with Gasteiger partial charge in [0, 0.05) is 24.3 Å². The van der Waals surface area contributed by atoms with Gasteiger partial charge in [-0.25, -0.2) is 0 Å². The fourth-order valence-corrected chi connectivity index (χ4v) is 2.51. The maximum atomic E-state index is 4.15. The summed E-state index contributed by atoms with van der Waals surface area (Å²) in [5.74, 6) is 0.727. The number of rotatable bonds is 4. The predicted molar refractivity (Wildman–Crippen MR) is 95.2 cm³/mol. The average molecular weight is 298 g/mol. The molecule has 2 nitrogen and oxygen atoms in total. The van der Waals surface area contributed by atoms with E-state index in [1.54, 1.807) is 0 Å². The molecule has 0 aliphatic heterocycles. The van der Waals surface area contributed by atoms with E-state index in [9.17, 15) is 0 Å². The van der Waals surface area contributed by atoms with Crippen molar-refractivity contribution >= 4 is 0 Å². The van der Waals surface area contributed by atoms with Crippen LogP contribution < -0.4 is 0 Å². The zero-order valence-electron chi connectivity index (χ0n) is 15.0. The fraction of sp³-hybridized carbons (Fsp3) is 0.500. The van der Waals surface area contributed by atoms with Crippen molar-refractivity contribution < 1.29 is 0 Å². The van der Waals surface area contributed by atoms with E-state index in [-0.39, 0.29) is 0 Å². The van der Waals surface area contributed by atoms with Gasteiger partial charge in [0.2, 0.25) is 0 Å². The number of nitrogens with zero attached hydrogens (tertiary/aromatic N) is 2. The highest BCUT2D eigenvalue weighted by molar-refractivity contribution is 5.30. The van der Waals surface area contributed by atoms with Gasteiger partial charge >= 0.3 is 0 Å². The molecule has 0 bridgehead atoms. The van der Waals surface area contributed by atoms with Crippen molar-refractivity contribution in [1.29, 1.82) is 0 Å². The first-order valence-corrected chi connectivity index (χ1v) is 8.25. The lowest BCUT2D eigenvalue weighted by Gasteiger charge is -2.10. The van der Waals surface area contributed by atoms with Gasteiger partial charge in [-0.15, -0.1) is 0 Å². The third-order valence-corrected chi connectivity index (χ3v) is 3.60. The van der Waals surface area contributed by atoms with Gasteiger partial charge < -0.3 is 0 Å². The maximum Gasteiger partial charge on any atom is 0.0375 e. The summed E-state index contributed by atoms with van der Waals surface area (Å²) in [7, 11) is 0. The minimum Gasteiger partial charge on any atom is -0.264 e. The summed E-state index contributed by atoms with van der Waals surface area (Å²) in [6.07, 6.45) is 9.32. The molecule has 0 spiro atoms. The van der Waals surface area contributed by atoms with Crippen LogP contribution in [-0.4, -0.2) is 9.97 Å². The van der Waals surface area contributed by atoms with Crippen LogP contribution in [0.3, 0.4) is 0 Å². The number of aryl methyl sites for hydroxylation is 4. The van der Waals surface area contributed by atoms with Gasteiger partial charge in [0.15, 0.2) is 0 Å². The van der Waals surface area contributed by atoms with E-state index in [0.29, 0.717) is 0 Å². The summed E-state index contributed by atoms with van der Waals surface area (Å²) in [5, 5.41) is 0. The van der Waals surface area contributed by atoms with Gasteiger partial charge in [-0.2, -0.15) is 0 Å². The molecule has 0 unspecified atom stereocenters. The van der Waals surface area contributed by atoms with E-state index in [2.05, 4.69) is 56.7 Å². The Bertz CT molecular complexity index is 553. The van der Waals surface area contributed by atoms with Gasteiger partial charge in [0.05, 0.1) is 0 Å². The summed E-state index contributed by atoms with van der Waals surface area (Å²) in [4.78, 5) is 8.27. The average Bonchev–Trinajstić information content (AvgIpc) is 2.44. The van der Waals surface area contributed by atoms with E-state index in [1.165, 1.54) is 41.5 Å². The van der Waals surface area contributed by atoms with Crippen LogP contribution in [0.2, 0.25) is 0 Å². The zero-order chi connectivity index (χ0) is 16.5. The first-order chi connectivity index (χ1) is 10.4. The first-order valence-electron chi connectivity index (χ1n) is 8.25. The van der Waals surface area contributed by atoms with Gasteiger partial charge in [-0.1, -0.05) is 27.2 Å². The van der Waals surface area contributed by atoms with Gasteiger partial charge in [-0.3, -0.25) is 9.97 Å². The SMILES string of the molecule is CCCc1ccnc(C)c1.Cc1cncc(C)c1CC(C)C. The molecular formula is C20H30N2. The molecule has 0 radical (unpaired) electrons. The van der Waals surface area contributed by atoms with E-state index < -0.39 is 0 Å². The third kappa shape index (κ3) is 6.38. The third-order valence-electron chi connectivity index (χ3n) is 3.60. The predicted octanol–water partition coefficient (Wildman–Crippen LogP) is 5.24. The van der Waals surface area contributed by atoms with Crippen LogP contribution in [0.15, 0.2) is 30.7 Å². The highest BCUT2D eigenvalue weighted by Crippen LogP contribution is 2.15. The second-order valence-electron chi connectivity index (χ2n) is 6.41. The molecule has 0 amide bonds. The Hall–Kier alpha value is -1.70. The molecule has 2 rings (SSSR count). The maximum absolute atomic E-state index is 4.15. The van der Waals surface area contributed by atoms with Gasteiger partial charge in [-0.05, 0) is 73.9 Å². The van der Waals surface area contributed by atoms with Crippen LogP contribution in [0.25, 0.3) is 0 Å². The zero-order valence-corrected chi connectivity index (χ0v) is 15.0. The highest BCUT2D eigenvalue weighted by atomic mass is 14.6. The van der Waals surface area contributed by atoms with Gasteiger partial charge in [0.25, 0.3) is 0 Å². The Balaban J connectivity index is 0.000000224. The van der Waals surface area contributed by atoms with Crippen molar-refractivity contribution in [3.8, 4) is 0 Å². The molecule has 0 saturated heterocycles. The van der Waals surface area contributed by atoms with E-state index in [1.807, 2.05) is 25.5 Å². The molecule has 0 N–H and O–H groups in total. The van der Waals surface area contributed by atoms with Crippen LogP contribution in [0.5, 0.6) is 0 Å². The van der Waals surface area contributed by atoms with Crippen LogP contribution in [0, 0.1) is 26.7 Å². The molecule has 0 atom stereocenters. The highest BCUT2D eigenvalue weighted by Gasteiger charge is 2.04. The minimum absolute atomic E-state index is 0.727. The second-order valence-corrected chi connectivity index (χ2v) is 6.41. The molecule has 0 fully saturated rings. The summed E-state index contributed by atoms with van der Waals surface area (Å²) in [5.41, 5.74) is 6.63. The van der Waals surface area contributed by atoms with Crippen molar-refractivity contribution in [3.63, 3.8) is 0 Å². The molecule has 22 heavy (non-hydrogen) atoms. The number of aromatic nitrogens is 2. The second kappa shape index (κ2) is 9.34. The summed E-state index contributed by atoms with van der Waals surface area (Å²) < 4.78 is 0. The Morgan fingerprint density at radius 3 is 2.18 bits per heavy atom. The van der Waals surface area contributed by atoms with Gasteiger partial charge in [0.1, 0.15) is 0 Å². The van der Waals surface area contributed by atoms with E-state index in [4.69, 9.17) is 0 Å². The topological polar surface area (TPSA) is 25.8 Å². The number of hydrogen-bond donors (Lipinski definition) is 0. The Labute approximate surface area is 136 Å². The van der Waals surface area contributed by atoms with E-state index in [0.717, 1.165) is 11.6 Å². The monoisotopic (exact) mass is 298 g/mol. The minimum atomic E-state index is 0.727. The fourth-order valence-electron chi connectivity index (χ4n) is 2.51. The largest absolute Gasteiger partial charge is 0.264 e. The van der Waals surface area contributed by atoms with Crippen molar-refractivity contribution in [2.75, 3.05) is 0 Å². The van der Waals surface area contributed by atoms with Crippen LogP contribution >= 0.6 is 0 Å². The molecule has 2 heteroatoms. The molecule has 0 aromatic carbocycles. The van der Waals surface area contributed by atoms with Crippen LogP contribution in [0.1, 0.15) is 55.1 Å². The lowest BCUT2D eigenvalue weighted by molar-refractivity contribution is 0.641. The van der Waals surface area contributed by atoms with Crippen molar-refractivity contribution in [1.82, 2.24) is 9.97 Å². The van der Waals surface area contributed by atoms with Crippen molar-refractivity contribution in [3.05, 3.63) is 58.7 Å². The van der Waals surface area contributed by atoms with Crippen molar-refractivity contribution in [2.24, 2.45) is 5.92 Å². The molecule has 2 heterocycles. The van der Waals surface area contributed by atoms with Crippen LogP contribution in [-0.2, 0) is 12.8 Å². The molecule has 0 aliphatic rings. The molecule has 0 saturated carbocycles. The van der Waals surface area contributed by atoms with E-state index >= 15 is 0 Å². The van der Waals surface area contributed by atoms with Crippen molar-refractivity contribution in [2.45, 2.75) is 60.8 Å². The molecule has 120 valence electrons. The Morgan fingerprint density at radius 1 is 1.05 bits per heavy atom. The Kier molecular flexibility index (Phi) is 7.79. The first kappa shape index (κ1) is 18.3. The molecular weight excluding hydrogens is 268 g/mol. The normalized spacial score (nSPS) is 10.3. The molecule has 2 aromatic rings. The number of pyridine rings is 2. The number of hydrogen-bond acceptors (Lipinski definition) is 2. The Morgan fingerprint density at radius 2 is 1.68 bits per heavy atom. The lowest BCUT2D eigenvalue weighted by Crippen LogP contribution is -2.00. The standard InChI is InChI=1S/C11H17N.C9H13N/c1-8(2)5-11-9(3)6-12-7-10(11)4;1-3-4-9-5-6-10-8(2)7-9/h6-8H,5H2,1-4H3;5-7H,3-4H2,1-2H3. The molecule has 0 aliphatic carbocycles. The summed E-state index contributed by atoms with van der Waals surface area (Å²) in [6, 6.07) is 4.22. The lowest BCUT2D eigenvalue weighted by atomic mass is 9.97. The summed E-state index contributed by atoms with van der Waals surface area (Å²) >= 11 is 0. The summed E-state index contributed by atoms with van der Waals surface area (Å²) in [6.45, 7) is 13.0.